The molecule has 1 N–H and O–H groups in total. The highest BCUT2D eigenvalue weighted by atomic mass is 35.5. The third-order valence-electron chi connectivity index (χ3n) is 4.86. The summed E-state index contributed by atoms with van der Waals surface area (Å²) < 4.78 is 12.9. The maximum atomic E-state index is 12.9. The molecule has 4 rings (SSSR count). The third-order valence-corrected chi connectivity index (χ3v) is 5.60. The molecule has 0 radical (unpaired) electrons. The number of benzene rings is 2. The van der Waals surface area contributed by atoms with Crippen molar-refractivity contribution in [3.63, 3.8) is 0 Å². The quantitative estimate of drug-likeness (QED) is 0.514. The zero-order valence-electron chi connectivity index (χ0n) is 17.7. The maximum Gasteiger partial charge on any atom is 0.338 e. The van der Waals surface area contributed by atoms with E-state index in [9.17, 15) is 4.79 Å². The Bertz CT molecular complexity index is 1170. The van der Waals surface area contributed by atoms with Gasteiger partial charge in [0.25, 0.3) is 0 Å². The molecule has 32 heavy (non-hydrogen) atoms. The zero-order chi connectivity index (χ0) is 22.8. The van der Waals surface area contributed by atoms with Crippen LogP contribution in [-0.2, 0) is 16.1 Å². The molecule has 0 aliphatic carbocycles. The van der Waals surface area contributed by atoms with Crippen molar-refractivity contribution in [1.29, 1.82) is 0 Å². The number of rotatable bonds is 6. The molecule has 0 spiro atoms. The lowest BCUT2D eigenvalue weighted by Gasteiger charge is -2.28. The molecule has 3 aromatic rings. The standard InChI is InChI=1S/C22H21Cl2N5O3/c1-12(2)32-21(30)19-13(3)25-22-26-27-28-29(22)20(19)15-5-7-16(8-6-15)31-11-14-4-9-17(23)18(24)10-14/h4-10,12,20H,11H2,1-3H3,(H,25,26,28). The maximum absolute atomic E-state index is 12.9. The Morgan fingerprint density at radius 2 is 1.91 bits per heavy atom. The summed E-state index contributed by atoms with van der Waals surface area (Å²) in [5.41, 5.74) is 2.81. The SMILES string of the molecule is CC1=C(C(=O)OC(C)C)C(c2ccc(OCc3ccc(Cl)c(Cl)c3)cc2)n2nnnc2N1. The summed E-state index contributed by atoms with van der Waals surface area (Å²) in [4.78, 5) is 12.9. The molecular weight excluding hydrogens is 453 g/mol. The Labute approximate surface area is 195 Å². The average Bonchev–Trinajstić information content (AvgIpc) is 3.21. The second-order valence-corrected chi connectivity index (χ2v) is 8.39. The van der Waals surface area contributed by atoms with Crippen molar-refractivity contribution in [2.24, 2.45) is 0 Å². The summed E-state index contributed by atoms with van der Waals surface area (Å²) >= 11 is 12.0. The van der Waals surface area contributed by atoms with Crippen LogP contribution in [0.2, 0.25) is 10.0 Å². The van der Waals surface area contributed by atoms with E-state index in [0.29, 0.717) is 39.6 Å². The Balaban J connectivity index is 1.58. The van der Waals surface area contributed by atoms with E-state index in [-0.39, 0.29) is 6.10 Å². The second-order valence-electron chi connectivity index (χ2n) is 7.57. The van der Waals surface area contributed by atoms with Gasteiger partial charge in [0.15, 0.2) is 0 Å². The number of ether oxygens (including phenoxy) is 2. The summed E-state index contributed by atoms with van der Waals surface area (Å²) in [6.07, 6.45) is -0.254. The van der Waals surface area contributed by atoms with E-state index in [1.165, 1.54) is 0 Å². The molecule has 0 saturated carbocycles. The van der Waals surface area contributed by atoms with Crippen molar-refractivity contribution in [3.05, 3.63) is 74.9 Å². The fourth-order valence-electron chi connectivity index (χ4n) is 3.40. The van der Waals surface area contributed by atoms with Crippen LogP contribution in [0.5, 0.6) is 5.75 Å². The summed E-state index contributed by atoms with van der Waals surface area (Å²) in [6.45, 7) is 5.76. The van der Waals surface area contributed by atoms with Crippen molar-refractivity contribution >= 4 is 35.1 Å². The van der Waals surface area contributed by atoms with Gasteiger partial charge >= 0.3 is 5.97 Å². The minimum Gasteiger partial charge on any atom is -0.489 e. The first kappa shape index (κ1) is 22.1. The third kappa shape index (κ3) is 4.56. The summed E-state index contributed by atoms with van der Waals surface area (Å²) in [6, 6.07) is 12.3. The van der Waals surface area contributed by atoms with Crippen molar-refractivity contribution in [3.8, 4) is 5.75 Å². The molecule has 2 heterocycles. The van der Waals surface area contributed by atoms with Crippen LogP contribution in [-0.4, -0.2) is 32.3 Å². The monoisotopic (exact) mass is 473 g/mol. The fraction of sp³-hybridized carbons (Fsp3) is 0.273. The van der Waals surface area contributed by atoms with Gasteiger partial charge in [0.05, 0.1) is 21.7 Å². The number of carbonyl (C=O) groups is 1. The van der Waals surface area contributed by atoms with Gasteiger partial charge in [-0.1, -0.05) is 46.5 Å². The number of hydrogen-bond acceptors (Lipinski definition) is 7. The predicted octanol–water partition coefficient (Wildman–Crippen LogP) is 4.80. The van der Waals surface area contributed by atoms with Crippen molar-refractivity contribution in [2.45, 2.75) is 39.5 Å². The van der Waals surface area contributed by atoms with Gasteiger partial charge < -0.3 is 14.8 Å². The number of nitrogens with one attached hydrogen (secondary N) is 1. The average molecular weight is 474 g/mol. The van der Waals surface area contributed by atoms with Crippen molar-refractivity contribution in [1.82, 2.24) is 20.2 Å². The van der Waals surface area contributed by atoms with Gasteiger partial charge in [-0.25, -0.2) is 4.79 Å². The van der Waals surface area contributed by atoms with Crippen LogP contribution < -0.4 is 10.1 Å². The highest BCUT2D eigenvalue weighted by Gasteiger charge is 2.35. The van der Waals surface area contributed by atoms with Gasteiger partial charge in [-0.15, -0.1) is 0 Å². The molecule has 0 bridgehead atoms. The molecule has 0 amide bonds. The van der Waals surface area contributed by atoms with Crippen LogP contribution in [0.25, 0.3) is 0 Å². The fourth-order valence-corrected chi connectivity index (χ4v) is 3.73. The molecule has 2 aromatic carbocycles. The molecular formula is C22H21Cl2N5O3. The number of carbonyl (C=O) groups excluding carboxylic acids is 1. The van der Waals surface area contributed by atoms with Gasteiger partial charge in [0.1, 0.15) is 18.4 Å². The molecule has 1 atom stereocenters. The first-order valence-corrected chi connectivity index (χ1v) is 10.7. The van der Waals surface area contributed by atoms with Crippen molar-refractivity contribution < 1.29 is 14.3 Å². The summed E-state index contributed by atoms with van der Waals surface area (Å²) in [7, 11) is 0. The van der Waals surface area contributed by atoms with Gasteiger partial charge in [-0.3, -0.25) is 0 Å². The molecule has 8 nitrogen and oxygen atoms in total. The number of fused-ring (bicyclic) bond motifs is 1. The number of esters is 1. The van der Waals surface area contributed by atoms with Crippen LogP contribution in [0.1, 0.15) is 37.9 Å². The lowest BCUT2D eigenvalue weighted by molar-refractivity contribution is -0.143. The van der Waals surface area contributed by atoms with E-state index in [2.05, 4.69) is 20.8 Å². The van der Waals surface area contributed by atoms with E-state index in [1.54, 1.807) is 23.7 Å². The van der Waals surface area contributed by atoms with Gasteiger partial charge in [-0.05, 0) is 66.6 Å². The Morgan fingerprint density at radius 3 is 2.59 bits per heavy atom. The second kappa shape index (κ2) is 9.18. The lowest BCUT2D eigenvalue weighted by Crippen LogP contribution is -2.30. The first-order chi connectivity index (χ1) is 15.3. The smallest absolute Gasteiger partial charge is 0.338 e. The normalized spacial score (nSPS) is 15.4. The Kier molecular flexibility index (Phi) is 6.34. The van der Waals surface area contributed by atoms with Crippen LogP contribution >= 0.6 is 23.2 Å². The van der Waals surface area contributed by atoms with Crippen LogP contribution in [0, 0.1) is 0 Å². The molecule has 1 aliphatic heterocycles. The van der Waals surface area contributed by atoms with Crippen LogP contribution in [0.3, 0.4) is 0 Å². The van der Waals surface area contributed by atoms with Crippen LogP contribution in [0.15, 0.2) is 53.7 Å². The number of hydrogen-bond donors (Lipinski definition) is 1. The Hall–Kier alpha value is -3.10. The molecule has 1 aliphatic rings. The molecule has 10 heteroatoms. The lowest BCUT2D eigenvalue weighted by atomic mass is 9.95. The van der Waals surface area contributed by atoms with E-state index < -0.39 is 12.0 Å². The number of aromatic nitrogens is 4. The van der Waals surface area contributed by atoms with E-state index in [0.717, 1.165) is 11.1 Å². The number of nitrogens with zero attached hydrogens (tertiary/aromatic N) is 4. The largest absolute Gasteiger partial charge is 0.489 e. The molecule has 1 unspecified atom stereocenters. The predicted molar refractivity (Wildman–Crippen MR) is 121 cm³/mol. The minimum atomic E-state index is -0.531. The summed E-state index contributed by atoms with van der Waals surface area (Å²) in [5, 5.41) is 15.8. The Morgan fingerprint density at radius 1 is 1.16 bits per heavy atom. The van der Waals surface area contributed by atoms with E-state index in [4.69, 9.17) is 32.7 Å². The molecule has 1 aromatic heterocycles. The topological polar surface area (TPSA) is 91.2 Å². The highest BCUT2D eigenvalue weighted by molar-refractivity contribution is 6.42. The summed E-state index contributed by atoms with van der Waals surface area (Å²) in [5.74, 6) is 0.697. The van der Waals surface area contributed by atoms with E-state index in [1.807, 2.05) is 44.2 Å². The zero-order valence-corrected chi connectivity index (χ0v) is 19.2. The highest BCUT2D eigenvalue weighted by Crippen LogP contribution is 2.35. The van der Waals surface area contributed by atoms with Gasteiger partial charge in [0, 0.05) is 5.70 Å². The van der Waals surface area contributed by atoms with Crippen molar-refractivity contribution in [2.75, 3.05) is 5.32 Å². The van der Waals surface area contributed by atoms with Crippen LogP contribution in [0.4, 0.5) is 5.95 Å². The minimum absolute atomic E-state index is 0.254. The molecule has 0 saturated heterocycles. The number of allylic oxidation sites excluding steroid dienone is 1. The number of halogens is 2. The first-order valence-electron chi connectivity index (χ1n) is 9.97. The van der Waals surface area contributed by atoms with Gasteiger partial charge in [-0.2, -0.15) is 4.68 Å². The number of anilines is 1. The number of tetrazole rings is 1. The van der Waals surface area contributed by atoms with E-state index >= 15 is 0 Å². The molecule has 166 valence electrons. The van der Waals surface area contributed by atoms with Gasteiger partial charge in [0.2, 0.25) is 5.95 Å². The molecule has 0 fully saturated rings.